The van der Waals surface area contributed by atoms with Crippen LogP contribution in [0.5, 0.6) is 0 Å². The van der Waals surface area contributed by atoms with E-state index in [9.17, 15) is 13.5 Å². The maximum absolute atomic E-state index is 11.8. The van der Waals surface area contributed by atoms with Crippen LogP contribution >= 0.6 is 11.3 Å². The van der Waals surface area contributed by atoms with E-state index in [4.69, 9.17) is 0 Å². The molecular weight excluding hydrogens is 294 g/mol. The summed E-state index contributed by atoms with van der Waals surface area (Å²) in [7, 11) is -3.55. The topological polar surface area (TPSA) is 66.4 Å². The van der Waals surface area contributed by atoms with E-state index < -0.39 is 16.1 Å². The van der Waals surface area contributed by atoms with Crippen LogP contribution in [0.1, 0.15) is 16.5 Å². The van der Waals surface area contributed by atoms with E-state index in [-0.39, 0.29) is 6.54 Å². The molecule has 2 N–H and O–H groups in total. The zero-order chi connectivity index (χ0) is 14.4. The Morgan fingerprint density at radius 1 is 1.20 bits per heavy atom. The number of hydrogen-bond donors (Lipinski definition) is 2. The molecule has 2 rings (SSSR count). The van der Waals surface area contributed by atoms with Crippen molar-refractivity contribution in [1.29, 1.82) is 0 Å². The lowest BCUT2D eigenvalue weighted by Gasteiger charge is -2.08. The van der Waals surface area contributed by atoms with Gasteiger partial charge in [-0.15, -0.1) is 11.3 Å². The first-order valence-corrected chi connectivity index (χ1v) is 8.44. The van der Waals surface area contributed by atoms with Crippen molar-refractivity contribution in [3.8, 4) is 0 Å². The minimum atomic E-state index is -3.55. The summed E-state index contributed by atoms with van der Waals surface area (Å²) in [5.41, 5.74) is 0.802. The standard InChI is InChI=1S/C14H15NO3S2/c16-13(14-7-4-9-19-14)11-15-20(17,18)10-8-12-5-2-1-3-6-12/h1-10,13,15-16H,11H2/b10-8+/t13-/m1/s1. The molecule has 0 fully saturated rings. The second kappa shape index (κ2) is 6.81. The van der Waals surface area contributed by atoms with Crippen LogP contribution in [0.15, 0.2) is 53.3 Å². The van der Waals surface area contributed by atoms with Crippen LogP contribution in [0.25, 0.3) is 6.08 Å². The van der Waals surface area contributed by atoms with Gasteiger partial charge in [0, 0.05) is 16.8 Å². The maximum atomic E-state index is 11.8. The molecule has 0 aliphatic rings. The molecule has 0 aliphatic carbocycles. The zero-order valence-corrected chi connectivity index (χ0v) is 12.3. The van der Waals surface area contributed by atoms with Crippen molar-refractivity contribution < 1.29 is 13.5 Å². The minimum Gasteiger partial charge on any atom is -0.386 e. The summed E-state index contributed by atoms with van der Waals surface area (Å²) in [4.78, 5) is 0.736. The van der Waals surface area contributed by atoms with Gasteiger partial charge < -0.3 is 5.11 Å². The van der Waals surface area contributed by atoms with Crippen molar-refractivity contribution >= 4 is 27.4 Å². The third kappa shape index (κ3) is 4.57. The molecule has 0 radical (unpaired) electrons. The molecule has 4 nitrogen and oxygen atoms in total. The second-order valence-corrected chi connectivity index (χ2v) is 6.77. The number of aliphatic hydroxyl groups excluding tert-OH is 1. The van der Waals surface area contributed by atoms with Gasteiger partial charge in [0.15, 0.2) is 0 Å². The van der Waals surface area contributed by atoms with Crippen molar-refractivity contribution in [3.05, 3.63) is 63.7 Å². The number of sulfonamides is 1. The Labute approximate surface area is 122 Å². The van der Waals surface area contributed by atoms with Gasteiger partial charge in [-0.3, -0.25) is 0 Å². The van der Waals surface area contributed by atoms with E-state index in [1.807, 2.05) is 41.8 Å². The fourth-order valence-corrected chi connectivity index (χ4v) is 3.09. The lowest BCUT2D eigenvalue weighted by Crippen LogP contribution is -2.26. The molecule has 0 aliphatic heterocycles. The Balaban J connectivity index is 1.93. The zero-order valence-electron chi connectivity index (χ0n) is 10.6. The van der Waals surface area contributed by atoms with Gasteiger partial charge in [-0.2, -0.15) is 0 Å². The van der Waals surface area contributed by atoms with E-state index in [0.29, 0.717) is 0 Å². The monoisotopic (exact) mass is 309 g/mol. The van der Waals surface area contributed by atoms with Crippen LogP contribution in [0, 0.1) is 0 Å². The van der Waals surface area contributed by atoms with Crippen LogP contribution in [0.3, 0.4) is 0 Å². The van der Waals surface area contributed by atoms with Crippen molar-refractivity contribution in [3.63, 3.8) is 0 Å². The van der Waals surface area contributed by atoms with Crippen LogP contribution in [-0.2, 0) is 10.0 Å². The van der Waals surface area contributed by atoms with E-state index in [2.05, 4.69) is 4.72 Å². The van der Waals surface area contributed by atoms with E-state index >= 15 is 0 Å². The number of hydrogen-bond acceptors (Lipinski definition) is 4. The highest BCUT2D eigenvalue weighted by Crippen LogP contribution is 2.18. The maximum Gasteiger partial charge on any atom is 0.233 e. The van der Waals surface area contributed by atoms with Gasteiger partial charge in [0.2, 0.25) is 10.0 Å². The van der Waals surface area contributed by atoms with Crippen molar-refractivity contribution in [2.24, 2.45) is 0 Å². The molecule has 1 aromatic heterocycles. The van der Waals surface area contributed by atoms with Crippen LogP contribution < -0.4 is 4.72 Å². The number of benzene rings is 1. The summed E-state index contributed by atoms with van der Waals surface area (Å²) >= 11 is 1.39. The van der Waals surface area contributed by atoms with Gasteiger partial charge in [0.25, 0.3) is 0 Å². The predicted molar refractivity (Wildman–Crippen MR) is 81.7 cm³/mol. The minimum absolute atomic E-state index is 0.0397. The van der Waals surface area contributed by atoms with E-state index in [0.717, 1.165) is 15.8 Å². The second-order valence-electron chi connectivity index (χ2n) is 4.14. The molecule has 1 atom stereocenters. The van der Waals surface area contributed by atoms with Gasteiger partial charge >= 0.3 is 0 Å². The van der Waals surface area contributed by atoms with Crippen LogP contribution in [0.2, 0.25) is 0 Å². The summed E-state index contributed by atoms with van der Waals surface area (Å²) in [6.07, 6.45) is 0.690. The molecule has 0 unspecified atom stereocenters. The fourth-order valence-electron chi connectivity index (χ4n) is 1.56. The summed E-state index contributed by atoms with van der Waals surface area (Å²) in [6, 6.07) is 12.7. The lowest BCUT2D eigenvalue weighted by atomic mass is 10.2. The van der Waals surface area contributed by atoms with Gasteiger partial charge in [-0.25, -0.2) is 13.1 Å². The Morgan fingerprint density at radius 2 is 1.95 bits per heavy atom. The molecule has 2 aromatic rings. The molecular formula is C14H15NO3S2. The fraction of sp³-hybridized carbons (Fsp3) is 0.143. The van der Waals surface area contributed by atoms with Gasteiger partial charge in [-0.1, -0.05) is 36.4 Å². The van der Waals surface area contributed by atoms with Crippen molar-refractivity contribution in [2.45, 2.75) is 6.10 Å². The molecule has 106 valence electrons. The SMILES string of the molecule is O=S(=O)(/C=C/c1ccccc1)NC[C@@H](O)c1cccs1. The molecule has 0 saturated heterocycles. The molecule has 6 heteroatoms. The summed E-state index contributed by atoms with van der Waals surface area (Å²) in [5, 5.41) is 12.8. The molecule has 0 bridgehead atoms. The molecule has 0 saturated carbocycles. The molecule has 1 heterocycles. The predicted octanol–water partition coefficient (Wildman–Crippen LogP) is 2.37. The average Bonchev–Trinajstić information content (AvgIpc) is 2.98. The first-order valence-electron chi connectivity index (χ1n) is 6.01. The lowest BCUT2D eigenvalue weighted by molar-refractivity contribution is 0.186. The van der Waals surface area contributed by atoms with Crippen molar-refractivity contribution in [1.82, 2.24) is 4.72 Å². The Morgan fingerprint density at radius 3 is 2.60 bits per heavy atom. The average molecular weight is 309 g/mol. The highest BCUT2D eigenvalue weighted by Gasteiger charge is 2.12. The van der Waals surface area contributed by atoms with Gasteiger partial charge in [0.05, 0.1) is 0 Å². The van der Waals surface area contributed by atoms with E-state index in [1.165, 1.54) is 17.4 Å². The highest BCUT2D eigenvalue weighted by atomic mass is 32.2. The summed E-state index contributed by atoms with van der Waals surface area (Å²) in [6.45, 7) is -0.0397. The van der Waals surface area contributed by atoms with Crippen molar-refractivity contribution in [2.75, 3.05) is 6.54 Å². The third-order valence-corrected chi connectivity index (χ3v) is 4.63. The highest BCUT2D eigenvalue weighted by molar-refractivity contribution is 7.92. The van der Waals surface area contributed by atoms with Crippen LogP contribution in [-0.4, -0.2) is 20.1 Å². The Hall–Kier alpha value is -1.47. The Bertz CT molecular complexity index is 649. The molecule has 0 spiro atoms. The largest absolute Gasteiger partial charge is 0.386 e. The molecule has 1 aromatic carbocycles. The number of thiophene rings is 1. The van der Waals surface area contributed by atoms with Gasteiger partial charge in [0.1, 0.15) is 6.10 Å². The smallest absolute Gasteiger partial charge is 0.233 e. The summed E-state index contributed by atoms with van der Waals surface area (Å²) < 4.78 is 25.9. The number of nitrogens with one attached hydrogen (secondary N) is 1. The van der Waals surface area contributed by atoms with Crippen LogP contribution in [0.4, 0.5) is 0 Å². The normalized spacial score (nSPS) is 13.7. The van der Waals surface area contributed by atoms with Gasteiger partial charge in [-0.05, 0) is 23.1 Å². The first kappa shape index (κ1) is 14.9. The quantitative estimate of drug-likeness (QED) is 0.861. The number of rotatable bonds is 6. The molecule has 0 amide bonds. The summed E-state index contributed by atoms with van der Waals surface area (Å²) in [5.74, 6) is 0. The third-order valence-electron chi connectivity index (χ3n) is 2.59. The van der Waals surface area contributed by atoms with E-state index in [1.54, 1.807) is 6.07 Å². The Kier molecular flexibility index (Phi) is 5.08. The number of aliphatic hydroxyl groups is 1. The molecule has 20 heavy (non-hydrogen) atoms. The first-order chi connectivity index (χ1) is 9.57.